The minimum absolute atomic E-state index is 0.101. The number of nitrogens with zero attached hydrogens (tertiary/aromatic N) is 2. The van der Waals surface area contributed by atoms with Crippen LogP contribution in [-0.4, -0.2) is 36.0 Å². The van der Waals surface area contributed by atoms with E-state index in [4.69, 9.17) is 22.1 Å². The summed E-state index contributed by atoms with van der Waals surface area (Å²) in [5.74, 6) is 0.581. The van der Waals surface area contributed by atoms with Gasteiger partial charge in [-0.25, -0.2) is 4.98 Å². The van der Waals surface area contributed by atoms with Crippen LogP contribution < -0.4 is 10.5 Å². The largest absolute Gasteiger partial charge is 0.492 e. The first kappa shape index (κ1) is 15.6. The van der Waals surface area contributed by atoms with Crippen LogP contribution in [0.15, 0.2) is 24.3 Å². The van der Waals surface area contributed by atoms with Crippen molar-refractivity contribution >= 4 is 34.0 Å². The maximum atomic E-state index is 12.2. The average Bonchev–Trinajstić information content (AvgIpc) is 2.77. The SMILES string of the molecule is Cc1nc(N)sc1C(=O)N(C)CCOc1cccc(Cl)c1. The molecule has 2 aromatic rings. The van der Waals surface area contributed by atoms with E-state index in [1.807, 2.05) is 12.1 Å². The van der Waals surface area contributed by atoms with Crippen molar-refractivity contribution in [3.63, 3.8) is 0 Å². The van der Waals surface area contributed by atoms with Gasteiger partial charge in [0.25, 0.3) is 5.91 Å². The zero-order chi connectivity index (χ0) is 15.4. The lowest BCUT2D eigenvalue weighted by molar-refractivity contribution is 0.0777. The Kier molecular flexibility index (Phi) is 5.03. The van der Waals surface area contributed by atoms with Crippen LogP contribution in [0, 0.1) is 6.92 Å². The molecular formula is C14H16ClN3O2S. The second kappa shape index (κ2) is 6.78. The molecule has 21 heavy (non-hydrogen) atoms. The number of likely N-dealkylation sites (N-methyl/N-ethyl adjacent to an activating group) is 1. The van der Waals surface area contributed by atoms with Gasteiger partial charge in [-0.2, -0.15) is 0 Å². The summed E-state index contributed by atoms with van der Waals surface area (Å²) in [6.07, 6.45) is 0. The Hall–Kier alpha value is -1.79. The number of nitrogen functional groups attached to an aromatic ring is 1. The number of halogens is 1. The molecule has 1 amide bonds. The third kappa shape index (κ3) is 4.09. The van der Waals surface area contributed by atoms with Gasteiger partial charge in [-0.3, -0.25) is 4.79 Å². The zero-order valence-corrected chi connectivity index (χ0v) is 13.4. The molecule has 1 heterocycles. The summed E-state index contributed by atoms with van der Waals surface area (Å²) in [5.41, 5.74) is 6.26. The van der Waals surface area contributed by atoms with Crippen molar-refractivity contribution in [2.75, 3.05) is 25.9 Å². The van der Waals surface area contributed by atoms with Crippen molar-refractivity contribution in [2.24, 2.45) is 0 Å². The number of amides is 1. The van der Waals surface area contributed by atoms with E-state index in [-0.39, 0.29) is 5.91 Å². The summed E-state index contributed by atoms with van der Waals surface area (Å²) in [5, 5.41) is 1.02. The van der Waals surface area contributed by atoms with Crippen LogP contribution in [0.1, 0.15) is 15.4 Å². The minimum Gasteiger partial charge on any atom is -0.492 e. The summed E-state index contributed by atoms with van der Waals surface area (Å²) < 4.78 is 5.56. The molecule has 1 aromatic carbocycles. The van der Waals surface area contributed by atoms with E-state index in [0.29, 0.717) is 39.6 Å². The lowest BCUT2D eigenvalue weighted by Gasteiger charge is -2.17. The Balaban J connectivity index is 1.88. The standard InChI is InChI=1S/C14H16ClN3O2S/c1-9-12(21-14(16)17-9)13(19)18(2)6-7-20-11-5-3-4-10(15)8-11/h3-5,8H,6-7H2,1-2H3,(H2,16,17). The van der Waals surface area contributed by atoms with Crippen molar-refractivity contribution < 1.29 is 9.53 Å². The number of aromatic nitrogens is 1. The van der Waals surface area contributed by atoms with Crippen LogP contribution in [0.3, 0.4) is 0 Å². The molecule has 0 fully saturated rings. The van der Waals surface area contributed by atoms with E-state index in [0.717, 1.165) is 0 Å². The summed E-state index contributed by atoms with van der Waals surface area (Å²) in [4.78, 5) is 18.4. The van der Waals surface area contributed by atoms with Crippen LogP contribution in [0.25, 0.3) is 0 Å². The number of carbonyl (C=O) groups excluding carboxylic acids is 1. The van der Waals surface area contributed by atoms with E-state index in [1.54, 1.807) is 31.0 Å². The van der Waals surface area contributed by atoms with Gasteiger partial charge in [0.05, 0.1) is 12.2 Å². The predicted octanol–water partition coefficient (Wildman–Crippen LogP) is 2.84. The van der Waals surface area contributed by atoms with Crippen molar-refractivity contribution in [3.8, 4) is 5.75 Å². The fourth-order valence-electron chi connectivity index (χ4n) is 1.75. The first-order valence-electron chi connectivity index (χ1n) is 6.34. The molecule has 0 atom stereocenters. The predicted molar refractivity (Wildman–Crippen MR) is 85.2 cm³/mol. The number of anilines is 1. The zero-order valence-electron chi connectivity index (χ0n) is 11.8. The molecule has 2 N–H and O–H groups in total. The van der Waals surface area contributed by atoms with Gasteiger partial charge in [0.1, 0.15) is 17.2 Å². The number of aryl methyl sites for hydroxylation is 1. The van der Waals surface area contributed by atoms with Gasteiger partial charge in [0.2, 0.25) is 0 Å². The Morgan fingerprint density at radius 2 is 2.29 bits per heavy atom. The number of rotatable bonds is 5. The van der Waals surface area contributed by atoms with Crippen molar-refractivity contribution in [2.45, 2.75) is 6.92 Å². The third-order valence-corrected chi connectivity index (χ3v) is 4.06. The summed E-state index contributed by atoms with van der Waals surface area (Å²) in [6.45, 7) is 2.62. The Labute approximate surface area is 132 Å². The molecule has 7 heteroatoms. The van der Waals surface area contributed by atoms with E-state index in [1.165, 1.54) is 11.3 Å². The lowest BCUT2D eigenvalue weighted by atomic mass is 10.3. The first-order valence-corrected chi connectivity index (χ1v) is 7.53. The fourth-order valence-corrected chi connectivity index (χ4v) is 2.76. The molecule has 0 bridgehead atoms. The Bertz CT molecular complexity index is 645. The molecule has 0 aliphatic rings. The van der Waals surface area contributed by atoms with Gasteiger partial charge in [0.15, 0.2) is 5.13 Å². The molecule has 5 nitrogen and oxygen atoms in total. The molecule has 2 rings (SSSR count). The van der Waals surface area contributed by atoms with E-state index < -0.39 is 0 Å². The number of hydrogen-bond acceptors (Lipinski definition) is 5. The highest BCUT2D eigenvalue weighted by Crippen LogP contribution is 2.21. The molecule has 0 saturated heterocycles. The molecule has 0 spiro atoms. The molecule has 0 aliphatic heterocycles. The maximum absolute atomic E-state index is 12.2. The van der Waals surface area contributed by atoms with Gasteiger partial charge >= 0.3 is 0 Å². The average molecular weight is 326 g/mol. The Morgan fingerprint density at radius 1 is 1.52 bits per heavy atom. The molecule has 0 saturated carbocycles. The third-order valence-electron chi connectivity index (χ3n) is 2.85. The second-order valence-corrected chi connectivity index (χ2v) is 5.97. The second-order valence-electron chi connectivity index (χ2n) is 4.50. The quantitative estimate of drug-likeness (QED) is 0.917. The van der Waals surface area contributed by atoms with Gasteiger partial charge in [-0.1, -0.05) is 29.0 Å². The summed E-state index contributed by atoms with van der Waals surface area (Å²) >= 11 is 7.07. The smallest absolute Gasteiger partial charge is 0.265 e. The monoisotopic (exact) mass is 325 g/mol. The number of hydrogen-bond donors (Lipinski definition) is 1. The number of ether oxygens (including phenoxy) is 1. The van der Waals surface area contributed by atoms with Crippen LogP contribution in [0.2, 0.25) is 5.02 Å². The molecule has 0 unspecified atom stereocenters. The van der Waals surface area contributed by atoms with E-state index in [2.05, 4.69) is 4.98 Å². The molecular weight excluding hydrogens is 310 g/mol. The highest BCUT2D eigenvalue weighted by Gasteiger charge is 2.18. The summed E-state index contributed by atoms with van der Waals surface area (Å²) in [6, 6.07) is 7.15. The summed E-state index contributed by atoms with van der Waals surface area (Å²) in [7, 11) is 1.72. The van der Waals surface area contributed by atoms with Crippen LogP contribution in [-0.2, 0) is 0 Å². The van der Waals surface area contributed by atoms with Gasteiger partial charge in [-0.05, 0) is 25.1 Å². The highest BCUT2D eigenvalue weighted by molar-refractivity contribution is 7.17. The fraction of sp³-hybridized carbons (Fsp3) is 0.286. The number of nitrogens with two attached hydrogens (primary N) is 1. The Morgan fingerprint density at radius 3 is 2.90 bits per heavy atom. The normalized spacial score (nSPS) is 10.4. The molecule has 112 valence electrons. The number of thiazole rings is 1. The van der Waals surface area contributed by atoms with Crippen LogP contribution >= 0.6 is 22.9 Å². The van der Waals surface area contributed by atoms with Crippen LogP contribution in [0.4, 0.5) is 5.13 Å². The van der Waals surface area contributed by atoms with E-state index >= 15 is 0 Å². The van der Waals surface area contributed by atoms with Gasteiger partial charge in [0, 0.05) is 12.1 Å². The van der Waals surface area contributed by atoms with Crippen molar-refractivity contribution in [3.05, 3.63) is 39.9 Å². The lowest BCUT2D eigenvalue weighted by Crippen LogP contribution is -2.30. The van der Waals surface area contributed by atoms with Gasteiger partial charge < -0.3 is 15.4 Å². The number of benzene rings is 1. The maximum Gasteiger partial charge on any atom is 0.265 e. The van der Waals surface area contributed by atoms with Crippen molar-refractivity contribution in [1.82, 2.24) is 9.88 Å². The number of carbonyl (C=O) groups is 1. The topological polar surface area (TPSA) is 68.5 Å². The van der Waals surface area contributed by atoms with Crippen molar-refractivity contribution in [1.29, 1.82) is 0 Å². The highest BCUT2D eigenvalue weighted by atomic mass is 35.5. The van der Waals surface area contributed by atoms with Crippen LogP contribution in [0.5, 0.6) is 5.75 Å². The molecule has 1 aromatic heterocycles. The molecule has 0 aliphatic carbocycles. The van der Waals surface area contributed by atoms with E-state index in [9.17, 15) is 4.79 Å². The van der Waals surface area contributed by atoms with Gasteiger partial charge in [-0.15, -0.1) is 0 Å². The first-order chi connectivity index (χ1) is 9.97. The minimum atomic E-state index is -0.101. The molecule has 0 radical (unpaired) electrons.